The predicted molar refractivity (Wildman–Crippen MR) is 82.4 cm³/mol. The molecule has 0 spiro atoms. The van der Waals surface area contributed by atoms with Gasteiger partial charge < -0.3 is 15.7 Å². The molecular formula is C13H17IN2O3. The molecule has 0 aliphatic carbocycles. The molecular weight excluding hydrogens is 359 g/mol. The van der Waals surface area contributed by atoms with E-state index in [0.717, 1.165) is 9.13 Å². The maximum Gasteiger partial charge on any atom is 0.329 e. The number of rotatable bonds is 4. The lowest BCUT2D eigenvalue weighted by molar-refractivity contribution is -0.143. The molecule has 1 atom stereocenters. The highest BCUT2D eigenvalue weighted by Crippen LogP contribution is 2.17. The van der Waals surface area contributed by atoms with E-state index in [2.05, 4.69) is 33.2 Å². The fourth-order valence-electron chi connectivity index (χ4n) is 1.38. The molecule has 0 bridgehead atoms. The molecule has 0 saturated carbocycles. The molecule has 6 heteroatoms. The van der Waals surface area contributed by atoms with Crippen molar-refractivity contribution in [3.63, 3.8) is 0 Å². The number of hydrogen-bond donors (Lipinski definition) is 3. The van der Waals surface area contributed by atoms with Crippen LogP contribution in [0.25, 0.3) is 0 Å². The number of aryl methyl sites for hydroxylation is 1. The Morgan fingerprint density at radius 3 is 2.53 bits per heavy atom. The van der Waals surface area contributed by atoms with Crippen molar-refractivity contribution in [2.45, 2.75) is 32.7 Å². The van der Waals surface area contributed by atoms with Crippen molar-refractivity contribution in [3.05, 3.63) is 27.3 Å². The first-order valence-electron chi connectivity index (χ1n) is 5.87. The summed E-state index contributed by atoms with van der Waals surface area (Å²) in [6.45, 7) is 5.17. The summed E-state index contributed by atoms with van der Waals surface area (Å²) in [7, 11) is 0. The second-order valence-electron chi connectivity index (χ2n) is 4.53. The number of carboxylic acids is 1. The van der Waals surface area contributed by atoms with Gasteiger partial charge in [-0.3, -0.25) is 0 Å². The van der Waals surface area contributed by atoms with E-state index in [1.54, 1.807) is 13.0 Å². The third kappa shape index (κ3) is 4.09. The van der Waals surface area contributed by atoms with Crippen molar-refractivity contribution < 1.29 is 14.7 Å². The van der Waals surface area contributed by atoms with E-state index in [-0.39, 0.29) is 0 Å². The molecule has 1 aromatic rings. The van der Waals surface area contributed by atoms with Crippen LogP contribution in [0, 0.1) is 10.5 Å². The summed E-state index contributed by atoms with van der Waals surface area (Å²) in [6, 6.07) is 4.99. The van der Waals surface area contributed by atoms with E-state index in [1.165, 1.54) is 6.92 Å². The first-order valence-corrected chi connectivity index (χ1v) is 6.95. The van der Waals surface area contributed by atoms with Gasteiger partial charge in [-0.25, -0.2) is 9.59 Å². The topological polar surface area (TPSA) is 78.4 Å². The number of benzene rings is 1. The van der Waals surface area contributed by atoms with Gasteiger partial charge in [-0.15, -0.1) is 0 Å². The molecule has 1 unspecified atom stereocenters. The minimum atomic E-state index is -1.26. The normalized spacial score (nSPS) is 13.5. The summed E-state index contributed by atoms with van der Waals surface area (Å²) < 4.78 is 1.03. The lowest BCUT2D eigenvalue weighted by Gasteiger charge is -2.24. The Labute approximate surface area is 125 Å². The van der Waals surface area contributed by atoms with Crippen LogP contribution in [0.2, 0.25) is 0 Å². The molecule has 0 radical (unpaired) electrons. The smallest absolute Gasteiger partial charge is 0.329 e. The van der Waals surface area contributed by atoms with Crippen LogP contribution in [0.15, 0.2) is 18.2 Å². The number of carbonyl (C=O) groups excluding carboxylic acids is 1. The third-order valence-electron chi connectivity index (χ3n) is 3.00. The average molecular weight is 376 g/mol. The van der Waals surface area contributed by atoms with Crippen molar-refractivity contribution in [3.8, 4) is 0 Å². The molecule has 0 aromatic heterocycles. The quantitative estimate of drug-likeness (QED) is 0.707. The second-order valence-corrected chi connectivity index (χ2v) is 5.70. The van der Waals surface area contributed by atoms with Gasteiger partial charge in [-0.05, 0) is 60.6 Å². The summed E-state index contributed by atoms with van der Waals surface area (Å²) in [5.41, 5.74) is 0.494. The molecule has 104 valence electrons. The first kappa shape index (κ1) is 15.7. The summed E-state index contributed by atoms with van der Waals surface area (Å²) in [6.07, 6.45) is 0.307. The fourth-order valence-corrected chi connectivity index (χ4v) is 1.89. The van der Waals surface area contributed by atoms with Gasteiger partial charge in [0.15, 0.2) is 0 Å². The number of nitrogens with one attached hydrogen (secondary N) is 2. The highest BCUT2D eigenvalue weighted by Gasteiger charge is 2.32. The number of amides is 2. The molecule has 19 heavy (non-hydrogen) atoms. The molecule has 0 fully saturated rings. The monoisotopic (exact) mass is 376 g/mol. The van der Waals surface area contributed by atoms with Crippen molar-refractivity contribution in [1.82, 2.24) is 5.32 Å². The number of urea groups is 1. The molecule has 0 saturated heterocycles. The molecule has 1 aromatic carbocycles. The van der Waals surface area contributed by atoms with Crippen LogP contribution >= 0.6 is 22.6 Å². The number of aliphatic carboxylic acids is 1. The largest absolute Gasteiger partial charge is 0.480 e. The Kier molecular flexibility index (Phi) is 5.16. The van der Waals surface area contributed by atoms with Crippen LogP contribution in [0.3, 0.4) is 0 Å². The Morgan fingerprint density at radius 1 is 1.42 bits per heavy atom. The maximum atomic E-state index is 11.8. The van der Waals surface area contributed by atoms with Crippen LogP contribution in [-0.2, 0) is 4.79 Å². The minimum absolute atomic E-state index is 0.307. The van der Waals surface area contributed by atoms with Gasteiger partial charge in [0.25, 0.3) is 0 Å². The molecule has 0 heterocycles. The highest BCUT2D eigenvalue weighted by molar-refractivity contribution is 14.1. The minimum Gasteiger partial charge on any atom is -0.480 e. The third-order valence-corrected chi connectivity index (χ3v) is 4.16. The molecule has 0 aliphatic rings. The Hall–Kier alpha value is -1.31. The number of hydrogen-bond acceptors (Lipinski definition) is 2. The number of anilines is 1. The van der Waals surface area contributed by atoms with Crippen molar-refractivity contribution in [2.24, 2.45) is 0 Å². The molecule has 2 amide bonds. The molecule has 5 nitrogen and oxygen atoms in total. The van der Waals surface area contributed by atoms with Gasteiger partial charge in [0.2, 0.25) is 0 Å². The van der Waals surface area contributed by atoms with E-state index < -0.39 is 17.5 Å². The SMILES string of the molecule is CCC(C)(NC(=O)Nc1ccc(C)c(I)c1)C(=O)O. The summed E-state index contributed by atoms with van der Waals surface area (Å²) in [4.78, 5) is 22.9. The lowest BCUT2D eigenvalue weighted by Crippen LogP contribution is -2.53. The highest BCUT2D eigenvalue weighted by atomic mass is 127. The summed E-state index contributed by atoms with van der Waals surface area (Å²) in [5.74, 6) is -1.05. The Bertz CT molecular complexity index is 505. The van der Waals surface area contributed by atoms with Crippen LogP contribution in [-0.4, -0.2) is 22.6 Å². The van der Waals surface area contributed by atoms with E-state index in [4.69, 9.17) is 5.11 Å². The van der Waals surface area contributed by atoms with Crippen LogP contribution < -0.4 is 10.6 Å². The standard InChI is InChI=1S/C13H17IN2O3/c1-4-13(3,11(17)18)16-12(19)15-9-6-5-8(2)10(14)7-9/h5-7H,4H2,1-3H3,(H,17,18)(H2,15,16,19). The van der Waals surface area contributed by atoms with Gasteiger partial charge in [0, 0.05) is 9.26 Å². The van der Waals surface area contributed by atoms with Crippen LogP contribution in [0.5, 0.6) is 0 Å². The van der Waals surface area contributed by atoms with E-state index in [1.807, 2.05) is 19.1 Å². The van der Waals surface area contributed by atoms with Crippen LogP contribution in [0.1, 0.15) is 25.8 Å². The zero-order valence-corrected chi connectivity index (χ0v) is 13.2. The lowest BCUT2D eigenvalue weighted by atomic mass is 10.00. The Morgan fingerprint density at radius 2 is 2.05 bits per heavy atom. The number of halogens is 1. The zero-order chi connectivity index (χ0) is 14.6. The van der Waals surface area contributed by atoms with Gasteiger partial charge in [0.1, 0.15) is 5.54 Å². The van der Waals surface area contributed by atoms with Gasteiger partial charge >= 0.3 is 12.0 Å². The second kappa shape index (κ2) is 6.23. The average Bonchev–Trinajstić information content (AvgIpc) is 2.33. The van der Waals surface area contributed by atoms with Crippen LogP contribution in [0.4, 0.5) is 10.5 Å². The summed E-state index contributed by atoms with van der Waals surface area (Å²) >= 11 is 2.18. The zero-order valence-electron chi connectivity index (χ0n) is 11.1. The predicted octanol–water partition coefficient (Wildman–Crippen LogP) is 2.97. The van der Waals surface area contributed by atoms with E-state index in [0.29, 0.717) is 12.1 Å². The summed E-state index contributed by atoms with van der Waals surface area (Å²) in [5, 5.41) is 14.2. The molecule has 3 N–H and O–H groups in total. The molecule has 0 aliphatic heterocycles. The number of carbonyl (C=O) groups is 2. The van der Waals surface area contributed by atoms with E-state index in [9.17, 15) is 9.59 Å². The first-order chi connectivity index (χ1) is 8.78. The maximum absolute atomic E-state index is 11.8. The van der Waals surface area contributed by atoms with Crippen molar-refractivity contribution >= 4 is 40.3 Å². The van der Waals surface area contributed by atoms with Crippen molar-refractivity contribution in [2.75, 3.05) is 5.32 Å². The molecule has 1 rings (SSSR count). The van der Waals surface area contributed by atoms with Crippen molar-refractivity contribution in [1.29, 1.82) is 0 Å². The fraction of sp³-hybridized carbons (Fsp3) is 0.385. The van der Waals surface area contributed by atoms with Gasteiger partial charge in [-0.1, -0.05) is 13.0 Å². The van der Waals surface area contributed by atoms with Gasteiger partial charge in [-0.2, -0.15) is 0 Å². The Balaban J connectivity index is 2.75. The number of carboxylic acid groups (broad SMARTS) is 1. The van der Waals surface area contributed by atoms with Gasteiger partial charge in [0.05, 0.1) is 0 Å². The van der Waals surface area contributed by atoms with E-state index >= 15 is 0 Å².